The Labute approximate surface area is 166 Å². The molecule has 0 fully saturated rings. The summed E-state index contributed by atoms with van der Waals surface area (Å²) in [5.74, 6) is 2.64. The number of hydrogen-bond donors (Lipinski definition) is 2. The summed E-state index contributed by atoms with van der Waals surface area (Å²) in [6, 6.07) is 5.76. The van der Waals surface area contributed by atoms with Crippen molar-refractivity contribution in [3.8, 4) is 11.5 Å². The number of benzene rings is 1. The van der Waals surface area contributed by atoms with Crippen LogP contribution in [0.15, 0.2) is 28.6 Å². The Kier molecular flexibility index (Phi) is 8.39. The van der Waals surface area contributed by atoms with Gasteiger partial charge in [0, 0.05) is 42.6 Å². The van der Waals surface area contributed by atoms with E-state index in [9.17, 15) is 0 Å². The number of methoxy groups -OCH3 is 1. The molecule has 1 aromatic carbocycles. The molecule has 0 saturated carbocycles. The van der Waals surface area contributed by atoms with E-state index < -0.39 is 0 Å². The summed E-state index contributed by atoms with van der Waals surface area (Å²) in [4.78, 5) is 9.33. The van der Waals surface area contributed by atoms with Crippen molar-refractivity contribution in [2.75, 3.05) is 32.1 Å². The van der Waals surface area contributed by atoms with Crippen LogP contribution in [0.5, 0.6) is 11.5 Å². The number of guanidine groups is 1. The molecule has 27 heavy (non-hydrogen) atoms. The topological polar surface area (TPSA) is 67.8 Å². The van der Waals surface area contributed by atoms with Crippen molar-refractivity contribution in [3.63, 3.8) is 0 Å². The van der Waals surface area contributed by atoms with Gasteiger partial charge in [-0.05, 0) is 26.0 Å². The lowest BCUT2D eigenvalue weighted by molar-refractivity contribution is 0.311. The molecule has 0 aliphatic rings. The first-order chi connectivity index (χ1) is 13.1. The quantitative estimate of drug-likeness (QED) is 0.494. The Morgan fingerprint density at radius 3 is 2.70 bits per heavy atom. The predicted molar refractivity (Wildman–Crippen MR) is 114 cm³/mol. The average Bonchev–Trinajstić information content (AvgIpc) is 3.12. The molecule has 0 bridgehead atoms. The van der Waals surface area contributed by atoms with Gasteiger partial charge in [-0.2, -0.15) is 0 Å². The Bertz CT molecular complexity index is 743. The molecule has 0 saturated heterocycles. The monoisotopic (exact) mass is 390 g/mol. The van der Waals surface area contributed by atoms with Crippen LogP contribution in [0.4, 0.5) is 5.69 Å². The highest BCUT2D eigenvalue weighted by Crippen LogP contribution is 2.30. The normalized spacial score (nSPS) is 11.6. The Morgan fingerprint density at radius 2 is 2.07 bits per heavy atom. The lowest BCUT2D eigenvalue weighted by atomic mass is 10.2. The molecule has 1 aromatic heterocycles. The number of aliphatic imine (C=N–C) groups is 1. The minimum Gasteiger partial charge on any atom is -0.493 e. The zero-order chi connectivity index (χ0) is 19.6. The molecule has 0 radical (unpaired) electrons. The molecule has 7 heteroatoms. The summed E-state index contributed by atoms with van der Waals surface area (Å²) >= 11 is 1.72. The van der Waals surface area contributed by atoms with E-state index in [-0.39, 0.29) is 0 Å². The van der Waals surface area contributed by atoms with Gasteiger partial charge in [-0.1, -0.05) is 13.8 Å². The van der Waals surface area contributed by atoms with Crippen LogP contribution in [0.25, 0.3) is 0 Å². The molecule has 0 atom stereocenters. The summed E-state index contributed by atoms with van der Waals surface area (Å²) in [7, 11) is 1.64. The number of aromatic nitrogens is 1. The SMILES string of the molecule is CCNC(=NCCc1csc(C(C)C)n1)Nc1ccc(OC)c(OCC)c1. The van der Waals surface area contributed by atoms with Crippen molar-refractivity contribution in [2.24, 2.45) is 4.99 Å². The molecule has 0 unspecified atom stereocenters. The lowest BCUT2D eigenvalue weighted by Crippen LogP contribution is -2.30. The number of hydrogen-bond acceptors (Lipinski definition) is 5. The minimum atomic E-state index is 0.473. The summed E-state index contributed by atoms with van der Waals surface area (Å²) < 4.78 is 11.0. The number of nitrogens with zero attached hydrogens (tertiary/aromatic N) is 2. The van der Waals surface area contributed by atoms with Crippen molar-refractivity contribution < 1.29 is 9.47 Å². The maximum absolute atomic E-state index is 5.64. The van der Waals surface area contributed by atoms with E-state index in [1.54, 1.807) is 18.4 Å². The van der Waals surface area contributed by atoms with Crippen molar-refractivity contribution in [1.82, 2.24) is 10.3 Å². The van der Waals surface area contributed by atoms with E-state index in [1.807, 2.05) is 32.0 Å². The van der Waals surface area contributed by atoms with Gasteiger partial charge >= 0.3 is 0 Å². The maximum atomic E-state index is 5.64. The molecule has 2 N–H and O–H groups in total. The largest absolute Gasteiger partial charge is 0.493 e. The zero-order valence-corrected chi connectivity index (χ0v) is 17.7. The van der Waals surface area contributed by atoms with Crippen LogP contribution in [0.3, 0.4) is 0 Å². The average molecular weight is 391 g/mol. The minimum absolute atomic E-state index is 0.473. The van der Waals surface area contributed by atoms with Crippen molar-refractivity contribution in [1.29, 1.82) is 0 Å². The second-order valence-electron chi connectivity index (χ2n) is 6.27. The van der Waals surface area contributed by atoms with Gasteiger partial charge in [-0.3, -0.25) is 4.99 Å². The van der Waals surface area contributed by atoms with Gasteiger partial charge in [0.15, 0.2) is 17.5 Å². The van der Waals surface area contributed by atoms with Gasteiger partial charge in [-0.15, -0.1) is 11.3 Å². The Morgan fingerprint density at radius 1 is 1.26 bits per heavy atom. The van der Waals surface area contributed by atoms with Gasteiger partial charge in [0.1, 0.15) is 0 Å². The van der Waals surface area contributed by atoms with Crippen molar-refractivity contribution in [3.05, 3.63) is 34.3 Å². The van der Waals surface area contributed by atoms with Crippen LogP contribution in [-0.2, 0) is 6.42 Å². The first-order valence-electron chi connectivity index (χ1n) is 9.37. The smallest absolute Gasteiger partial charge is 0.195 e. The van der Waals surface area contributed by atoms with Crippen LogP contribution >= 0.6 is 11.3 Å². The van der Waals surface area contributed by atoms with Crippen molar-refractivity contribution >= 4 is 23.0 Å². The first kappa shape index (κ1) is 21.0. The molecule has 2 aromatic rings. The first-order valence-corrected chi connectivity index (χ1v) is 10.3. The van der Waals surface area contributed by atoms with E-state index in [1.165, 1.54) is 5.01 Å². The van der Waals surface area contributed by atoms with Crippen LogP contribution in [0, 0.1) is 0 Å². The molecule has 6 nitrogen and oxygen atoms in total. The molecule has 0 spiro atoms. The van der Waals surface area contributed by atoms with Crippen LogP contribution in [0.2, 0.25) is 0 Å². The lowest BCUT2D eigenvalue weighted by Gasteiger charge is -2.14. The highest BCUT2D eigenvalue weighted by atomic mass is 32.1. The van der Waals surface area contributed by atoms with Gasteiger partial charge in [0.25, 0.3) is 0 Å². The molecule has 0 aliphatic carbocycles. The number of anilines is 1. The van der Waals surface area contributed by atoms with E-state index in [2.05, 4.69) is 39.8 Å². The second-order valence-corrected chi connectivity index (χ2v) is 7.16. The Balaban J connectivity index is 2.03. The third kappa shape index (κ3) is 6.43. The third-order valence-electron chi connectivity index (χ3n) is 3.77. The fourth-order valence-electron chi connectivity index (χ4n) is 2.45. The predicted octanol–water partition coefficient (Wildman–Crippen LogP) is 4.29. The van der Waals surface area contributed by atoms with Crippen LogP contribution in [0.1, 0.15) is 44.3 Å². The van der Waals surface area contributed by atoms with E-state index >= 15 is 0 Å². The van der Waals surface area contributed by atoms with Gasteiger partial charge in [0.2, 0.25) is 0 Å². The Hall–Kier alpha value is -2.28. The molecule has 148 valence electrons. The number of nitrogens with one attached hydrogen (secondary N) is 2. The summed E-state index contributed by atoms with van der Waals surface area (Å²) in [6.07, 6.45) is 0.826. The molecule has 0 amide bonds. The zero-order valence-electron chi connectivity index (χ0n) is 16.8. The third-order valence-corrected chi connectivity index (χ3v) is 4.97. The van der Waals surface area contributed by atoms with E-state index in [4.69, 9.17) is 9.47 Å². The van der Waals surface area contributed by atoms with Crippen LogP contribution < -0.4 is 20.1 Å². The fraction of sp³-hybridized carbons (Fsp3) is 0.500. The molecule has 0 aliphatic heterocycles. The summed E-state index contributed by atoms with van der Waals surface area (Å²) in [5.41, 5.74) is 2.00. The summed E-state index contributed by atoms with van der Waals surface area (Å²) in [5, 5.41) is 9.90. The second kappa shape index (κ2) is 10.8. The number of thiazole rings is 1. The highest BCUT2D eigenvalue weighted by molar-refractivity contribution is 7.09. The molecule has 1 heterocycles. The van der Waals surface area contributed by atoms with Gasteiger partial charge < -0.3 is 20.1 Å². The number of ether oxygens (including phenoxy) is 2. The van der Waals surface area contributed by atoms with Crippen LogP contribution in [-0.4, -0.2) is 37.7 Å². The molecule has 2 rings (SSSR count). The maximum Gasteiger partial charge on any atom is 0.195 e. The van der Waals surface area contributed by atoms with E-state index in [0.717, 1.165) is 30.3 Å². The molecular weight excluding hydrogens is 360 g/mol. The van der Waals surface area contributed by atoms with Gasteiger partial charge in [0.05, 0.1) is 24.4 Å². The molecular formula is C20H30N4O2S. The van der Waals surface area contributed by atoms with Crippen molar-refractivity contribution in [2.45, 2.75) is 40.0 Å². The fourth-order valence-corrected chi connectivity index (χ4v) is 3.32. The summed E-state index contributed by atoms with van der Waals surface area (Å²) in [6.45, 7) is 10.4. The highest BCUT2D eigenvalue weighted by Gasteiger charge is 2.08. The number of rotatable bonds is 9. The van der Waals surface area contributed by atoms with E-state index in [0.29, 0.717) is 30.6 Å². The standard InChI is InChI=1S/C20H30N4O2S/c1-6-21-20(22-11-10-16-13-27-19(23-16)14(3)4)24-15-8-9-17(25-5)18(12-15)26-7-2/h8-9,12-14H,6-7,10-11H2,1-5H3,(H2,21,22,24). The van der Waals surface area contributed by atoms with Gasteiger partial charge in [-0.25, -0.2) is 4.98 Å².